The number of anilines is 2. The maximum absolute atomic E-state index is 14.0. The second kappa shape index (κ2) is 17.5. The number of aromatic amines is 1. The number of rotatable bonds is 12. The molecule has 0 bridgehead atoms. The van der Waals surface area contributed by atoms with Crippen LogP contribution in [-0.4, -0.2) is 115 Å². The second-order valence-corrected chi connectivity index (χ2v) is 20.2. The molecule has 18 heteroatoms. The summed E-state index contributed by atoms with van der Waals surface area (Å²) >= 11 is 0. The number of benzene rings is 2. The molecule has 1 amide bonds. The van der Waals surface area contributed by atoms with Crippen LogP contribution in [0, 0.1) is 15.5 Å². The molecule has 3 aromatic heterocycles. The summed E-state index contributed by atoms with van der Waals surface area (Å²) in [7, 11) is -4.68. The van der Waals surface area contributed by atoms with Crippen molar-refractivity contribution < 1.29 is 32.3 Å². The number of nitro benzene ring substituents is 1. The fraction of sp³-hybridized carbons (Fsp3) is 0.468. The van der Waals surface area contributed by atoms with E-state index in [1.807, 2.05) is 6.07 Å². The molecule has 1 spiro atoms. The molecule has 2 atom stereocenters. The van der Waals surface area contributed by atoms with Crippen LogP contribution in [0.3, 0.4) is 0 Å². The number of nitro groups is 1. The smallest absolute Gasteiger partial charge is 0.297 e. The van der Waals surface area contributed by atoms with Crippen LogP contribution in [-0.2, 0) is 14.8 Å². The summed E-state index contributed by atoms with van der Waals surface area (Å²) < 4.78 is 47.5. The quantitative estimate of drug-likeness (QED) is 0.0855. The van der Waals surface area contributed by atoms with Gasteiger partial charge in [0.25, 0.3) is 21.6 Å². The molecular weight excluding hydrogens is 851 g/mol. The number of H-pyrrole nitrogens is 1. The molecular formula is C47H55N9O8S. The molecule has 5 aliphatic rings. The second-order valence-electron chi connectivity index (χ2n) is 18.5. The van der Waals surface area contributed by atoms with Crippen LogP contribution < -0.4 is 24.4 Å². The number of hydrogen-bond donors (Lipinski definition) is 3. The van der Waals surface area contributed by atoms with E-state index in [2.05, 4.69) is 77.8 Å². The zero-order valence-electron chi connectivity index (χ0n) is 36.7. The lowest BCUT2D eigenvalue weighted by Gasteiger charge is -2.56. The van der Waals surface area contributed by atoms with Crippen molar-refractivity contribution in [3.8, 4) is 17.2 Å². The highest BCUT2D eigenvalue weighted by Crippen LogP contribution is 2.54. The highest BCUT2D eigenvalue weighted by Gasteiger charge is 2.50. The number of pyridine rings is 2. The van der Waals surface area contributed by atoms with Gasteiger partial charge in [-0.1, -0.05) is 38.1 Å². The molecule has 3 saturated heterocycles. The predicted octanol–water partition coefficient (Wildman–Crippen LogP) is 6.99. The van der Waals surface area contributed by atoms with E-state index in [0.717, 1.165) is 62.7 Å². The summed E-state index contributed by atoms with van der Waals surface area (Å²) in [6.45, 7) is 10.7. The predicted molar refractivity (Wildman–Crippen MR) is 244 cm³/mol. The molecule has 17 nitrogen and oxygen atoms in total. The molecule has 7 heterocycles. The third kappa shape index (κ3) is 8.71. The van der Waals surface area contributed by atoms with Crippen molar-refractivity contribution in [2.24, 2.45) is 5.41 Å². The Bertz CT molecular complexity index is 2710. The number of amides is 1. The van der Waals surface area contributed by atoms with Gasteiger partial charge in [-0.15, -0.1) is 0 Å². The Morgan fingerprint density at radius 1 is 1.03 bits per heavy atom. The summed E-state index contributed by atoms with van der Waals surface area (Å²) in [4.78, 5) is 44.3. The molecule has 4 fully saturated rings. The fourth-order valence-electron chi connectivity index (χ4n) is 10.7. The molecule has 0 unspecified atom stereocenters. The molecule has 2 aromatic carbocycles. The number of morpholine rings is 1. The third-order valence-corrected chi connectivity index (χ3v) is 15.4. The number of fused-ring (bicyclic) bond motifs is 2. The van der Waals surface area contributed by atoms with Crippen molar-refractivity contribution >= 4 is 44.0 Å². The summed E-state index contributed by atoms with van der Waals surface area (Å²) in [5.41, 5.74) is 3.93. The van der Waals surface area contributed by atoms with Crippen molar-refractivity contribution in [2.75, 3.05) is 69.3 Å². The van der Waals surface area contributed by atoms with Gasteiger partial charge in [-0.05, 0) is 79.7 Å². The van der Waals surface area contributed by atoms with Gasteiger partial charge in [0.1, 0.15) is 18.0 Å². The van der Waals surface area contributed by atoms with Crippen molar-refractivity contribution in [3.05, 3.63) is 100 Å². The normalized spacial score (nSPS) is 21.4. The lowest BCUT2D eigenvalue weighted by atomic mass is 9.59. The number of hydrogen-bond acceptors (Lipinski definition) is 14. The van der Waals surface area contributed by atoms with Gasteiger partial charge >= 0.3 is 0 Å². The molecule has 1 saturated carbocycles. The maximum atomic E-state index is 14.0. The SMILES string of the molecule is CC(C)c1ccccc1[C@@H]1CCCN1C1CC2(CCN(c3cnc(C(=O)NS(=O)(=O)c4cc5c(c([N+](=O)[O-])c4)N[C@@H](CN4CCOCC4)CO5)c(Oc4cnc5[nH]ccc5c4)c3)CC2)C1. The van der Waals surface area contributed by atoms with Gasteiger partial charge in [0.05, 0.1) is 47.2 Å². The monoisotopic (exact) mass is 905 g/mol. The van der Waals surface area contributed by atoms with Crippen LogP contribution in [0.15, 0.2) is 78.1 Å². The summed E-state index contributed by atoms with van der Waals surface area (Å²) in [6.07, 6.45) is 11.7. The highest BCUT2D eigenvalue weighted by molar-refractivity contribution is 7.90. The Morgan fingerprint density at radius 2 is 1.83 bits per heavy atom. The molecule has 0 radical (unpaired) electrons. The van der Waals surface area contributed by atoms with Crippen LogP contribution in [0.5, 0.6) is 17.2 Å². The molecule has 5 aromatic rings. The minimum absolute atomic E-state index is 0.00205. The third-order valence-electron chi connectivity index (χ3n) is 14.1. The molecule has 342 valence electrons. The van der Waals surface area contributed by atoms with Crippen molar-refractivity contribution in [1.82, 2.24) is 29.5 Å². The van der Waals surface area contributed by atoms with Crippen LogP contribution in [0.2, 0.25) is 0 Å². The molecule has 4 aliphatic heterocycles. The van der Waals surface area contributed by atoms with Crippen molar-refractivity contribution in [1.29, 1.82) is 0 Å². The van der Waals surface area contributed by atoms with E-state index >= 15 is 0 Å². The van der Waals surface area contributed by atoms with E-state index < -0.39 is 31.4 Å². The van der Waals surface area contributed by atoms with Gasteiger partial charge in [0, 0.05) is 74.6 Å². The number of piperidine rings is 1. The Morgan fingerprint density at radius 3 is 2.62 bits per heavy atom. The average Bonchev–Trinajstić information content (AvgIpc) is 3.98. The number of sulfonamides is 1. The Kier molecular flexibility index (Phi) is 11.6. The number of nitrogens with zero attached hydrogens (tertiary/aromatic N) is 6. The summed E-state index contributed by atoms with van der Waals surface area (Å²) in [5, 5.41) is 16.3. The first-order chi connectivity index (χ1) is 31.4. The molecule has 10 rings (SSSR count). The van der Waals surface area contributed by atoms with Gasteiger partial charge in [-0.2, -0.15) is 0 Å². The number of ether oxygens (including phenoxy) is 3. The van der Waals surface area contributed by atoms with Crippen LogP contribution >= 0.6 is 0 Å². The zero-order valence-corrected chi connectivity index (χ0v) is 37.5. The van der Waals surface area contributed by atoms with Gasteiger partial charge < -0.3 is 29.4 Å². The lowest BCUT2D eigenvalue weighted by molar-refractivity contribution is -0.384. The van der Waals surface area contributed by atoms with E-state index in [4.69, 9.17) is 14.2 Å². The number of likely N-dealkylation sites (tertiary alicyclic amines) is 1. The van der Waals surface area contributed by atoms with E-state index in [-0.39, 0.29) is 40.9 Å². The first kappa shape index (κ1) is 43.1. The minimum Gasteiger partial charge on any atom is -0.489 e. The van der Waals surface area contributed by atoms with Crippen molar-refractivity contribution in [3.63, 3.8) is 0 Å². The fourth-order valence-corrected chi connectivity index (χ4v) is 11.7. The number of carbonyl (C=O) groups is 1. The average molecular weight is 906 g/mol. The van der Waals surface area contributed by atoms with Gasteiger partial charge in [0.2, 0.25) is 0 Å². The van der Waals surface area contributed by atoms with Gasteiger partial charge in [0.15, 0.2) is 22.9 Å². The number of aromatic nitrogens is 3. The first-order valence-corrected chi connectivity index (χ1v) is 24.2. The maximum Gasteiger partial charge on any atom is 0.297 e. The van der Waals surface area contributed by atoms with Crippen LogP contribution in [0.4, 0.5) is 17.1 Å². The van der Waals surface area contributed by atoms with E-state index in [1.54, 1.807) is 24.5 Å². The van der Waals surface area contributed by atoms with Gasteiger partial charge in [-0.3, -0.25) is 24.7 Å². The molecule has 65 heavy (non-hydrogen) atoms. The summed E-state index contributed by atoms with van der Waals surface area (Å²) in [5.74, 6) is -0.224. The summed E-state index contributed by atoms with van der Waals surface area (Å²) in [6, 6.07) is 17.2. The van der Waals surface area contributed by atoms with E-state index in [0.29, 0.717) is 49.2 Å². The van der Waals surface area contributed by atoms with Crippen molar-refractivity contribution in [2.45, 2.75) is 81.3 Å². The standard InChI is InChI=1S/C47H55N9O8S/c1-30(2)37-6-3-4-7-38(37)39-8-5-13-55(39)34-24-47(25-34)10-14-54(15-11-47)33-21-42(64-35-20-31-9-12-48-45(31)50-27-35)44(49-26-33)46(57)52-65(60,61)36-22-40(56(58)59)43-41(23-36)63-29-32(51-43)28-53-16-18-62-19-17-53/h3-4,6-7,9,12,20-23,26-27,30,32,34,39,51H,5,8,10-11,13-19,24-25,28-29H2,1-2H3,(H,48,50)(H,52,57)/t32-,39-/m0/s1. The lowest BCUT2D eigenvalue weighted by Crippen LogP contribution is -2.55. The molecule has 3 N–H and O–H groups in total. The van der Waals surface area contributed by atoms with Gasteiger partial charge in [-0.25, -0.2) is 23.1 Å². The highest BCUT2D eigenvalue weighted by atomic mass is 32.2. The first-order valence-electron chi connectivity index (χ1n) is 22.7. The van der Waals surface area contributed by atoms with Crippen LogP contribution in [0.1, 0.15) is 85.9 Å². The number of carbonyl (C=O) groups excluding carboxylic acids is 1. The topological polar surface area (TPSA) is 197 Å². The Labute approximate surface area is 378 Å². The minimum atomic E-state index is -4.68. The molecule has 1 aliphatic carbocycles. The number of nitrogens with one attached hydrogen (secondary N) is 3. The Balaban J connectivity index is 0.853. The van der Waals surface area contributed by atoms with E-state index in [1.165, 1.54) is 49.1 Å². The van der Waals surface area contributed by atoms with E-state index in [9.17, 15) is 23.3 Å². The van der Waals surface area contributed by atoms with Crippen LogP contribution in [0.25, 0.3) is 11.0 Å². The zero-order chi connectivity index (χ0) is 44.9. The Hall–Kier alpha value is -5.82. The largest absolute Gasteiger partial charge is 0.489 e.